The molecule has 148 valence electrons. The van der Waals surface area contributed by atoms with Gasteiger partial charge in [-0.1, -0.05) is 18.2 Å². The van der Waals surface area contributed by atoms with Gasteiger partial charge in [-0.05, 0) is 47.3 Å². The van der Waals surface area contributed by atoms with Crippen LogP contribution in [0.4, 0.5) is 5.69 Å². The Balaban J connectivity index is 1.45. The summed E-state index contributed by atoms with van der Waals surface area (Å²) in [6.07, 6.45) is 0.192. The van der Waals surface area contributed by atoms with Gasteiger partial charge in [-0.2, -0.15) is 0 Å². The van der Waals surface area contributed by atoms with E-state index in [0.717, 1.165) is 23.7 Å². The molecule has 0 unspecified atom stereocenters. The Hall–Kier alpha value is -2.71. The van der Waals surface area contributed by atoms with Crippen LogP contribution in [-0.4, -0.2) is 34.3 Å². The predicted octanol–water partition coefficient (Wildman–Crippen LogP) is 2.21. The Kier molecular flexibility index (Phi) is 6.78. The van der Waals surface area contributed by atoms with E-state index in [0.29, 0.717) is 18.8 Å². The van der Waals surface area contributed by atoms with Gasteiger partial charge < -0.3 is 21.5 Å². The first-order chi connectivity index (χ1) is 13.5. The molecule has 2 amide bonds. The maximum Gasteiger partial charge on any atom is 0.220 e. The number of nitrogens with two attached hydrogens (primary N) is 1. The monoisotopic (exact) mass is 400 g/mol. The number of carbonyl (C=O) groups excluding carboxylic acids is 2. The number of rotatable bonds is 9. The highest BCUT2D eigenvalue weighted by Gasteiger charge is 2.21. The van der Waals surface area contributed by atoms with Gasteiger partial charge in [0.05, 0.1) is 4.90 Å². The molecule has 1 heterocycles. The summed E-state index contributed by atoms with van der Waals surface area (Å²) in [6, 6.07) is 13.6. The van der Waals surface area contributed by atoms with Crippen LogP contribution >= 0.6 is 11.9 Å². The summed E-state index contributed by atoms with van der Waals surface area (Å²) in [5, 5.41) is 16.0. The highest BCUT2D eigenvalue weighted by atomic mass is 32.2. The molecule has 28 heavy (non-hydrogen) atoms. The second-order valence-electron chi connectivity index (χ2n) is 6.58. The molecule has 0 atom stereocenters. The summed E-state index contributed by atoms with van der Waals surface area (Å²) in [6.45, 7) is 2.69. The van der Waals surface area contributed by atoms with Gasteiger partial charge in [0.25, 0.3) is 0 Å². The number of hydrogen-bond donors (Lipinski definition) is 4. The van der Waals surface area contributed by atoms with Crippen LogP contribution in [0.2, 0.25) is 0 Å². The highest BCUT2D eigenvalue weighted by Crippen LogP contribution is 2.37. The van der Waals surface area contributed by atoms with Gasteiger partial charge in [-0.3, -0.25) is 9.59 Å². The number of benzene rings is 2. The smallest absolute Gasteiger partial charge is 0.220 e. The van der Waals surface area contributed by atoms with Crippen LogP contribution in [0.3, 0.4) is 0 Å². The first-order valence-electron chi connectivity index (χ1n) is 9.13. The second-order valence-corrected chi connectivity index (χ2v) is 7.72. The summed E-state index contributed by atoms with van der Waals surface area (Å²) in [4.78, 5) is 23.1. The predicted molar refractivity (Wildman–Crippen MR) is 110 cm³/mol. The van der Waals surface area contributed by atoms with E-state index in [4.69, 9.17) is 5.73 Å². The first kappa shape index (κ1) is 20.0. The molecule has 2 aromatic carbocycles. The normalized spacial score (nSPS) is 13.1. The Labute approximate surface area is 168 Å². The standard InChI is InChI=1S/C20H24N4O3S/c21-19(26)7-8-20(27)23-10-9-22-16-6-5-14-12-24(13-15(14)11-16)28-18-4-2-1-3-17(18)25/h1-6,11,22,25H,7-10,12-13H2,(H2,21,26)(H,23,27). The van der Waals surface area contributed by atoms with E-state index in [1.54, 1.807) is 18.0 Å². The Morgan fingerprint density at radius 1 is 1.07 bits per heavy atom. The van der Waals surface area contributed by atoms with Gasteiger partial charge in [0.15, 0.2) is 0 Å². The molecule has 0 bridgehead atoms. The number of anilines is 1. The molecular weight excluding hydrogens is 376 g/mol. The average Bonchev–Trinajstić information content (AvgIpc) is 3.07. The van der Waals surface area contributed by atoms with Crippen LogP contribution in [0.1, 0.15) is 24.0 Å². The minimum absolute atomic E-state index is 0.0688. The number of para-hydroxylation sites is 1. The lowest BCUT2D eigenvalue weighted by Gasteiger charge is -2.14. The van der Waals surface area contributed by atoms with Crippen molar-refractivity contribution < 1.29 is 14.7 Å². The van der Waals surface area contributed by atoms with Gasteiger partial charge >= 0.3 is 0 Å². The Morgan fingerprint density at radius 2 is 1.86 bits per heavy atom. The average molecular weight is 401 g/mol. The lowest BCUT2D eigenvalue weighted by atomic mass is 10.1. The third kappa shape index (κ3) is 5.64. The van der Waals surface area contributed by atoms with Crippen molar-refractivity contribution in [2.45, 2.75) is 30.8 Å². The van der Waals surface area contributed by atoms with Crippen LogP contribution in [0, 0.1) is 0 Å². The zero-order valence-electron chi connectivity index (χ0n) is 15.5. The largest absolute Gasteiger partial charge is 0.507 e. The molecule has 2 aromatic rings. The molecule has 5 N–H and O–H groups in total. The molecule has 8 heteroatoms. The fourth-order valence-corrected chi connectivity index (χ4v) is 3.93. The highest BCUT2D eigenvalue weighted by molar-refractivity contribution is 7.97. The first-order valence-corrected chi connectivity index (χ1v) is 9.90. The number of nitrogens with one attached hydrogen (secondary N) is 2. The summed E-state index contributed by atoms with van der Waals surface area (Å²) in [5.74, 6) is -0.351. The molecule has 0 spiro atoms. The van der Waals surface area contributed by atoms with E-state index >= 15 is 0 Å². The van der Waals surface area contributed by atoms with Crippen LogP contribution in [0.25, 0.3) is 0 Å². The van der Waals surface area contributed by atoms with Crippen molar-refractivity contribution in [2.75, 3.05) is 18.4 Å². The zero-order valence-corrected chi connectivity index (χ0v) is 16.3. The van der Waals surface area contributed by atoms with Crippen molar-refractivity contribution in [2.24, 2.45) is 5.73 Å². The quantitative estimate of drug-likeness (QED) is 0.380. The molecule has 0 saturated carbocycles. The maximum atomic E-state index is 11.5. The van der Waals surface area contributed by atoms with Crippen LogP contribution in [0.5, 0.6) is 5.75 Å². The lowest BCUT2D eigenvalue weighted by molar-refractivity contribution is -0.124. The minimum atomic E-state index is -0.471. The lowest BCUT2D eigenvalue weighted by Crippen LogP contribution is -2.29. The van der Waals surface area contributed by atoms with Gasteiger partial charge in [0, 0.05) is 44.7 Å². The molecule has 1 aliphatic rings. The maximum absolute atomic E-state index is 11.5. The zero-order chi connectivity index (χ0) is 19.9. The number of aromatic hydroxyl groups is 1. The number of phenolic OH excluding ortho intramolecular Hbond substituents is 1. The summed E-state index contributed by atoms with van der Waals surface area (Å²) in [5.41, 5.74) is 8.55. The molecule has 7 nitrogen and oxygen atoms in total. The van der Waals surface area contributed by atoms with Crippen LogP contribution in [0.15, 0.2) is 47.4 Å². The minimum Gasteiger partial charge on any atom is -0.507 e. The Bertz CT molecular complexity index is 859. The fraction of sp³-hybridized carbons (Fsp3) is 0.300. The van der Waals surface area contributed by atoms with E-state index in [9.17, 15) is 14.7 Å². The third-order valence-corrected chi connectivity index (χ3v) is 5.43. The van der Waals surface area contributed by atoms with E-state index in [2.05, 4.69) is 27.1 Å². The van der Waals surface area contributed by atoms with Gasteiger partial charge in [0.1, 0.15) is 5.75 Å². The van der Waals surface area contributed by atoms with E-state index in [1.807, 2.05) is 24.3 Å². The topological polar surface area (TPSA) is 108 Å². The van der Waals surface area contributed by atoms with Gasteiger partial charge in [0.2, 0.25) is 11.8 Å². The molecule has 0 radical (unpaired) electrons. The number of amides is 2. The summed E-state index contributed by atoms with van der Waals surface area (Å²) < 4.78 is 2.21. The SMILES string of the molecule is NC(=O)CCC(=O)NCCNc1ccc2c(c1)CN(Sc1ccccc1O)C2. The van der Waals surface area contributed by atoms with Crippen molar-refractivity contribution >= 4 is 29.4 Å². The summed E-state index contributed by atoms with van der Waals surface area (Å²) >= 11 is 1.55. The molecule has 0 fully saturated rings. The molecule has 0 aliphatic carbocycles. The van der Waals surface area contributed by atoms with E-state index < -0.39 is 5.91 Å². The van der Waals surface area contributed by atoms with E-state index in [1.165, 1.54) is 11.1 Å². The van der Waals surface area contributed by atoms with Crippen molar-refractivity contribution in [1.82, 2.24) is 9.62 Å². The molecule has 0 saturated heterocycles. The molecule has 0 aromatic heterocycles. The van der Waals surface area contributed by atoms with E-state index in [-0.39, 0.29) is 18.7 Å². The van der Waals surface area contributed by atoms with Crippen molar-refractivity contribution in [1.29, 1.82) is 0 Å². The molecule has 3 rings (SSSR count). The second kappa shape index (κ2) is 9.48. The van der Waals surface area contributed by atoms with Crippen molar-refractivity contribution in [3.05, 3.63) is 53.6 Å². The number of carbonyl (C=O) groups is 2. The van der Waals surface area contributed by atoms with Crippen LogP contribution < -0.4 is 16.4 Å². The third-order valence-electron chi connectivity index (χ3n) is 4.37. The van der Waals surface area contributed by atoms with Crippen LogP contribution in [-0.2, 0) is 22.7 Å². The van der Waals surface area contributed by atoms with Crippen molar-refractivity contribution in [3.8, 4) is 5.75 Å². The summed E-state index contributed by atoms with van der Waals surface area (Å²) in [7, 11) is 0. The van der Waals surface area contributed by atoms with Gasteiger partial charge in [-0.15, -0.1) is 0 Å². The number of phenols is 1. The molecule has 1 aliphatic heterocycles. The molecular formula is C20H24N4O3S. The number of hydrogen-bond acceptors (Lipinski definition) is 6. The number of primary amides is 1. The fourth-order valence-electron chi connectivity index (χ4n) is 2.95. The Morgan fingerprint density at radius 3 is 2.64 bits per heavy atom. The number of nitrogens with zero attached hydrogens (tertiary/aromatic N) is 1. The number of fused-ring (bicyclic) bond motifs is 1. The van der Waals surface area contributed by atoms with Gasteiger partial charge in [-0.25, -0.2) is 4.31 Å². The van der Waals surface area contributed by atoms with Crippen molar-refractivity contribution in [3.63, 3.8) is 0 Å².